The zero-order valence-electron chi connectivity index (χ0n) is 16.7. The Kier molecular flexibility index (Phi) is 6.77. The Balaban J connectivity index is 1.47. The Morgan fingerprint density at radius 3 is 2.65 bits per heavy atom. The van der Waals surface area contributed by atoms with Gasteiger partial charge in [0.15, 0.2) is 16.9 Å². The molecule has 2 aliphatic rings. The van der Waals surface area contributed by atoms with Crippen molar-refractivity contribution in [2.75, 3.05) is 30.5 Å². The molecule has 0 spiro atoms. The lowest BCUT2D eigenvalue weighted by molar-refractivity contribution is 0.0106. The van der Waals surface area contributed by atoms with Gasteiger partial charge < -0.3 is 28.8 Å². The molecule has 2 aromatic heterocycles. The molecular formula is C17H25ClN4O7P2. The van der Waals surface area contributed by atoms with Crippen LogP contribution in [0.2, 0.25) is 5.15 Å². The molecule has 2 aromatic rings. The van der Waals surface area contributed by atoms with Crippen LogP contribution in [0.1, 0.15) is 44.0 Å². The third-order valence-corrected chi connectivity index (χ3v) is 9.04. The first kappa shape index (κ1) is 23.1. The molecule has 172 valence electrons. The topological polar surface area (TPSA) is 147 Å². The van der Waals surface area contributed by atoms with Crippen molar-refractivity contribution >= 4 is 38.0 Å². The van der Waals surface area contributed by atoms with Crippen LogP contribution in [0, 0.1) is 0 Å². The molecule has 0 amide bonds. The quantitative estimate of drug-likeness (QED) is 0.491. The summed E-state index contributed by atoms with van der Waals surface area (Å²) in [6.07, 6.45) is 5.42. The van der Waals surface area contributed by atoms with Crippen LogP contribution in [0.3, 0.4) is 0 Å². The van der Waals surface area contributed by atoms with Crippen molar-refractivity contribution in [3.63, 3.8) is 0 Å². The first-order valence-electron chi connectivity index (χ1n) is 10.1. The summed E-state index contributed by atoms with van der Waals surface area (Å²) in [5, 5.41) is 4.75. The number of nitrogens with zero attached hydrogens (tertiary/aromatic N) is 4. The number of rotatable bonds is 7. The van der Waals surface area contributed by atoms with E-state index in [9.17, 15) is 14.0 Å². The summed E-state index contributed by atoms with van der Waals surface area (Å²) in [6, 6.07) is 1.85. The molecule has 4 heterocycles. The fraction of sp³-hybridized carbons (Fsp3) is 0.647. The van der Waals surface area contributed by atoms with Gasteiger partial charge in [-0.2, -0.15) is 5.10 Å². The van der Waals surface area contributed by atoms with Crippen molar-refractivity contribution in [3.8, 4) is 0 Å². The highest BCUT2D eigenvalue weighted by Gasteiger charge is 2.35. The fourth-order valence-electron chi connectivity index (χ4n) is 4.05. The van der Waals surface area contributed by atoms with Gasteiger partial charge in [-0.15, -0.1) is 0 Å². The van der Waals surface area contributed by atoms with E-state index in [2.05, 4.69) is 15.0 Å². The lowest BCUT2D eigenvalue weighted by Gasteiger charge is -2.29. The Morgan fingerprint density at radius 1 is 1.19 bits per heavy atom. The van der Waals surface area contributed by atoms with E-state index >= 15 is 0 Å². The van der Waals surface area contributed by atoms with Crippen molar-refractivity contribution in [1.82, 2.24) is 14.6 Å². The van der Waals surface area contributed by atoms with Crippen molar-refractivity contribution < 1.29 is 33.1 Å². The fourth-order valence-corrected chi connectivity index (χ4v) is 6.82. The molecule has 2 fully saturated rings. The van der Waals surface area contributed by atoms with Crippen molar-refractivity contribution in [2.24, 2.45) is 0 Å². The van der Waals surface area contributed by atoms with Gasteiger partial charge in [-0.05, 0) is 32.1 Å². The van der Waals surface area contributed by atoms with E-state index in [-0.39, 0.29) is 6.61 Å². The summed E-state index contributed by atoms with van der Waals surface area (Å²) in [7, 11) is -9.08. The Hall–Kier alpha value is -1.03. The van der Waals surface area contributed by atoms with Gasteiger partial charge in [0.25, 0.3) is 0 Å². The van der Waals surface area contributed by atoms with E-state index in [1.54, 1.807) is 10.7 Å². The largest absolute Gasteiger partial charge is 0.370 e. The number of piperidine rings is 1. The Morgan fingerprint density at radius 2 is 1.94 bits per heavy atom. The normalized spacial score (nSPS) is 24.6. The molecule has 3 atom stereocenters. The minimum absolute atomic E-state index is 0.249. The number of aromatic nitrogens is 3. The van der Waals surface area contributed by atoms with Gasteiger partial charge in [0.1, 0.15) is 11.6 Å². The van der Waals surface area contributed by atoms with Crippen LogP contribution in [0.5, 0.6) is 0 Å². The van der Waals surface area contributed by atoms with Crippen LogP contribution in [0.4, 0.5) is 5.69 Å². The second-order valence-corrected chi connectivity index (χ2v) is 12.3. The predicted molar refractivity (Wildman–Crippen MR) is 114 cm³/mol. The van der Waals surface area contributed by atoms with E-state index in [1.807, 2.05) is 6.07 Å². The third kappa shape index (κ3) is 5.67. The molecule has 11 nitrogen and oxygen atoms in total. The molecule has 4 rings (SSSR count). The smallest absolute Gasteiger partial charge is 0.340 e. The van der Waals surface area contributed by atoms with Crippen molar-refractivity contribution in [2.45, 2.75) is 44.3 Å². The second kappa shape index (κ2) is 9.08. The van der Waals surface area contributed by atoms with Crippen LogP contribution < -0.4 is 4.90 Å². The van der Waals surface area contributed by atoms with Crippen LogP contribution in [-0.4, -0.2) is 61.0 Å². The third-order valence-electron chi connectivity index (χ3n) is 5.40. The van der Waals surface area contributed by atoms with Gasteiger partial charge in [-0.1, -0.05) is 11.6 Å². The summed E-state index contributed by atoms with van der Waals surface area (Å²) < 4.78 is 35.3. The van der Waals surface area contributed by atoms with Crippen molar-refractivity contribution in [3.05, 3.63) is 23.2 Å². The van der Waals surface area contributed by atoms with E-state index in [1.165, 1.54) is 6.42 Å². The molecule has 0 bridgehead atoms. The van der Waals surface area contributed by atoms with Gasteiger partial charge in [-0.3, -0.25) is 9.13 Å². The van der Waals surface area contributed by atoms with E-state index in [0.29, 0.717) is 23.8 Å². The van der Waals surface area contributed by atoms with E-state index in [4.69, 9.17) is 30.6 Å². The minimum atomic E-state index is -4.67. The summed E-state index contributed by atoms with van der Waals surface area (Å²) in [6.45, 7) is 1.65. The molecule has 0 radical (unpaired) electrons. The zero-order valence-corrected chi connectivity index (χ0v) is 19.3. The summed E-state index contributed by atoms with van der Waals surface area (Å²) >= 11 is 6.29. The van der Waals surface area contributed by atoms with Gasteiger partial charge in [-0.25, -0.2) is 9.50 Å². The Bertz CT molecular complexity index is 1040. The lowest BCUT2D eigenvalue weighted by Crippen LogP contribution is -2.30. The molecule has 3 N–H and O–H groups in total. The zero-order chi connectivity index (χ0) is 22.2. The molecule has 0 saturated carbocycles. The predicted octanol–water partition coefficient (Wildman–Crippen LogP) is 2.93. The molecule has 2 saturated heterocycles. The maximum atomic E-state index is 11.8. The maximum absolute atomic E-state index is 11.8. The van der Waals surface area contributed by atoms with E-state index < -0.39 is 33.3 Å². The second-order valence-electron chi connectivity index (χ2n) is 7.88. The van der Waals surface area contributed by atoms with Crippen LogP contribution in [0.15, 0.2) is 12.3 Å². The highest BCUT2D eigenvalue weighted by atomic mass is 35.5. The van der Waals surface area contributed by atoms with Crippen LogP contribution in [-0.2, 0) is 18.4 Å². The number of halogens is 1. The SMILES string of the molecule is O=P(O)(O)CP(=O)(O)OC[C@@H]1CC[C@H](c2ncc3c(N4CCCCC4)cc(Cl)nn23)O1. The van der Waals surface area contributed by atoms with Gasteiger partial charge in [0.2, 0.25) is 0 Å². The number of ether oxygens (including phenoxy) is 1. The highest BCUT2D eigenvalue weighted by Crippen LogP contribution is 2.55. The minimum Gasteiger partial charge on any atom is -0.370 e. The molecule has 1 unspecified atom stereocenters. The van der Waals surface area contributed by atoms with Crippen LogP contribution in [0.25, 0.3) is 5.52 Å². The summed E-state index contributed by atoms with van der Waals surface area (Å²) in [4.78, 5) is 34.2. The number of fused-ring (bicyclic) bond motifs is 1. The average molecular weight is 495 g/mol. The molecule has 0 aromatic carbocycles. The maximum Gasteiger partial charge on any atom is 0.340 e. The van der Waals surface area contributed by atoms with Crippen molar-refractivity contribution in [1.29, 1.82) is 0 Å². The molecule has 14 heteroatoms. The molecular weight excluding hydrogens is 470 g/mol. The lowest BCUT2D eigenvalue weighted by atomic mass is 10.1. The molecule has 0 aliphatic carbocycles. The summed E-state index contributed by atoms with van der Waals surface area (Å²) in [5.74, 6) is -0.636. The van der Waals surface area contributed by atoms with Gasteiger partial charge >= 0.3 is 15.2 Å². The number of anilines is 1. The van der Waals surface area contributed by atoms with Crippen LogP contribution >= 0.6 is 26.8 Å². The molecule has 31 heavy (non-hydrogen) atoms. The van der Waals surface area contributed by atoms with Gasteiger partial charge in [0.05, 0.1) is 24.6 Å². The summed E-state index contributed by atoms with van der Waals surface area (Å²) in [5.41, 5.74) is 1.82. The number of hydrogen-bond acceptors (Lipinski definition) is 7. The van der Waals surface area contributed by atoms with Gasteiger partial charge in [0, 0.05) is 19.2 Å². The Labute approximate surface area is 184 Å². The monoisotopic (exact) mass is 494 g/mol. The number of hydrogen-bond donors (Lipinski definition) is 3. The standard InChI is InChI=1S/C17H25ClN4O7P2/c18-16-8-13(21-6-2-1-3-7-21)14-9-19-17(22(14)20-16)15-5-4-12(29-15)10-28-31(26,27)11-30(23,24)25/h8-9,12,15H,1-7,10-11H2,(H,26,27)(H2,23,24,25)/t12-,15+/m0/s1. The van der Waals surface area contributed by atoms with E-state index in [0.717, 1.165) is 37.1 Å². The average Bonchev–Trinajstić information content (AvgIpc) is 3.31. The number of imidazole rings is 1. The first-order chi connectivity index (χ1) is 14.6. The highest BCUT2D eigenvalue weighted by molar-refractivity contribution is 7.70. The molecule has 2 aliphatic heterocycles. The first-order valence-corrected chi connectivity index (χ1v) is 14.0.